The van der Waals surface area contributed by atoms with Crippen molar-refractivity contribution >= 4 is 0 Å². The molecule has 0 saturated carbocycles. The molecule has 2 rings (SSSR count). The second-order valence-corrected chi connectivity index (χ2v) is 4.91. The van der Waals surface area contributed by atoms with Crippen molar-refractivity contribution in [2.45, 2.75) is 13.0 Å². The number of nitrogens with zero attached hydrogens (tertiary/aromatic N) is 1. The van der Waals surface area contributed by atoms with Crippen molar-refractivity contribution in [1.29, 1.82) is 0 Å². The number of hydrogen-bond acceptors (Lipinski definition) is 2. The normalized spacial score (nSPS) is 20.6. The van der Waals surface area contributed by atoms with Gasteiger partial charge in [-0.25, -0.2) is 13.2 Å². The molecule has 100 valence electrons. The third-order valence-corrected chi connectivity index (χ3v) is 3.33. The van der Waals surface area contributed by atoms with Gasteiger partial charge in [0.15, 0.2) is 11.6 Å². The molecule has 1 atom stereocenters. The molecule has 0 amide bonds. The molecule has 0 bridgehead atoms. The van der Waals surface area contributed by atoms with Crippen LogP contribution in [0.3, 0.4) is 0 Å². The molecule has 0 aliphatic carbocycles. The van der Waals surface area contributed by atoms with E-state index in [2.05, 4.69) is 17.3 Å². The van der Waals surface area contributed by atoms with E-state index >= 15 is 0 Å². The van der Waals surface area contributed by atoms with Crippen LogP contribution in [0.1, 0.15) is 12.0 Å². The van der Waals surface area contributed by atoms with Crippen LogP contribution in [0.25, 0.3) is 0 Å². The Morgan fingerprint density at radius 3 is 2.61 bits per heavy atom. The third-order valence-electron chi connectivity index (χ3n) is 3.33. The van der Waals surface area contributed by atoms with E-state index in [0.717, 1.165) is 32.1 Å². The number of rotatable bonds is 4. The fraction of sp³-hybridized carbons (Fsp3) is 0.538. The third kappa shape index (κ3) is 3.23. The Bertz CT molecular complexity index is 423. The van der Waals surface area contributed by atoms with E-state index in [1.807, 2.05) is 0 Å². The Hall–Kier alpha value is -1.07. The van der Waals surface area contributed by atoms with Crippen molar-refractivity contribution in [3.05, 3.63) is 35.1 Å². The van der Waals surface area contributed by atoms with Crippen molar-refractivity contribution in [2.75, 3.05) is 26.7 Å². The molecule has 1 aliphatic heterocycles. The Kier molecular flexibility index (Phi) is 4.24. The first kappa shape index (κ1) is 13.4. The molecule has 1 aromatic rings. The van der Waals surface area contributed by atoms with E-state index in [-0.39, 0.29) is 12.1 Å². The van der Waals surface area contributed by atoms with Gasteiger partial charge in [-0.2, -0.15) is 0 Å². The van der Waals surface area contributed by atoms with Crippen LogP contribution in [0.5, 0.6) is 0 Å². The van der Waals surface area contributed by atoms with Crippen LogP contribution in [0.15, 0.2) is 12.1 Å². The molecule has 1 unspecified atom stereocenters. The van der Waals surface area contributed by atoms with Crippen LogP contribution in [0, 0.1) is 23.4 Å². The lowest BCUT2D eigenvalue weighted by Gasteiger charge is -2.12. The summed E-state index contributed by atoms with van der Waals surface area (Å²) in [6.45, 7) is 3.09. The Morgan fingerprint density at radius 1 is 1.22 bits per heavy atom. The number of benzene rings is 1. The van der Waals surface area contributed by atoms with Crippen molar-refractivity contribution in [3.63, 3.8) is 0 Å². The zero-order chi connectivity index (χ0) is 13.1. The molecular weight excluding hydrogens is 241 g/mol. The van der Waals surface area contributed by atoms with E-state index in [0.29, 0.717) is 12.0 Å². The minimum atomic E-state index is -1.14. The number of nitrogens with one attached hydrogen (secondary N) is 1. The summed E-state index contributed by atoms with van der Waals surface area (Å²) in [5.41, 5.74) is 0.167. The molecule has 1 fully saturated rings. The van der Waals surface area contributed by atoms with Crippen LogP contribution in [-0.4, -0.2) is 31.6 Å². The van der Waals surface area contributed by atoms with Crippen LogP contribution in [0.2, 0.25) is 0 Å². The summed E-state index contributed by atoms with van der Waals surface area (Å²) in [4.78, 5) is 2.24. The second-order valence-electron chi connectivity index (χ2n) is 4.91. The molecule has 0 radical (unpaired) electrons. The van der Waals surface area contributed by atoms with E-state index in [4.69, 9.17) is 0 Å². The quantitative estimate of drug-likeness (QED) is 0.832. The van der Waals surface area contributed by atoms with Gasteiger partial charge < -0.3 is 10.2 Å². The zero-order valence-corrected chi connectivity index (χ0v) is 10.3. The Balaban J connectivity index is 1.85. The molecule has 0 aromatic heterocycles. The molecule has 2 nitrogen and oxygen atoms in total. The summed E-state index contributed by atoms with van der Waals surface area (Å²) < 4.78 is 39.0. The topological polar surface area (TPSA) is 15.3 Å². The van der Waals surface area contributed by atoms with Gasteiger partial charge in [0, 0.05) is 24.7 Å². The molecule has 1 saturated heterocycles. The maximum absolute atomic E-state index is 13.3. The Labute approximate surface area is 105 Å². The van der Waals surface area contributed by atoms with E-state index in [1.54, 1.807) is 0 Å². The highest BCUT2D eigenvalue weighted by Gasteiger charge is 2.19. The average molecular weight is 258 g/mol. The van der Waals surface area contributed by atoms with Crippen LogP contribution >= 0.6 is 0 Å². The summed E-state index contributed by atoms with van der Waals surface area (Å²) in [7, 11) is 2.06. The number of halogens is 3. The predicted octanol–water partition coefficient (Wildman–Crippen LogP) is 2.15. The second kappa shape index (κ2) is 5.71. The highest BCUT2D eigenvalue weighted by molar-refractivity contribution is 5.19. The van der Waals surface area contributed by atoms with Gasteiger partial charge in [0.25, 0.3) is 0 Å². The van der Waals surface area contributed by atoms with E-state index < -0.39 is 17.5 Å². The first-order valence-corrected chi connectivity index (χ1v) is 6.09. The zero-order valence-electron chi connectivity index (χ0n) is 10.3. The standard InChI is InChI=1S/C13H17F3N2/c1-18-3-2-9(8-18)6-17-7-10-4-12(15)13(16)5-11(10)14/h4-5,9,17H,2-3,6-8H2,1H3. The first-order chi connectivity index (χ1) is 8.56. The van der Waals surface area contributed by atoms with Crippen molar-refractivity contribution in [3.8, 4) is 0 Å². The van der Waals surface area contributed by atoms with Gasteiger partial charge >= 0.3 is 0 Å². The summed E-state index contributed by atoms with van der Waals surface area (Å²) in [6, 6.07) is 1.51. The molecule has 1 N–H and O–H groups in total. The fourth-order valence-corrected chi connectivity index (χ4v) is 2.30. The van der Waals surface area contributed by atoms with Crippen LogP contribution in [0.4, 0.5) is 13.2 Å². The lowest BCUT2D eigenvalue weighted by molar-refractivity contribution is 0.387. The van der Waals surface area contributed by atoms with E-state index in [1.165, 1.54) is 0 Å². The smallest absolute Gasteiger partial charge is 0.161 e. The largest absolute Gasteiger partial charge is 0.312 e. The maximum Gasteiger partial charge on any atom is 0.161 e. The van der Waals surface area contributed by atoms with Gasteiger partial charge in [-0.05, 0) is 38.5 Å². The molecule has 1 aromatic carbocycles. The van der Waals surface area contributed by atoms with Crippen molar-refractivity contribution in [1.82, 2.24) is 10.2 Å². The van der Waals surface area contributed by atoms with Gasteiger partial charge in [0.05, 0.1) is 0 Å². The van der Waals surface area contributed by atoms with Crippen LogP contribution in [-0.2, 0) is 6.54 Å². The molecule has 18 heavy (non-hydrogen) atoms. The van der Waals surface area contributed by atoms with Crippen molar-refractivity contribution in [2.24, 2.45) is 5.92 Å². The van der Waals surface area contributed by atoms with E-state index in [9.17, 15) is 13.2 Å². The minimum Gasteiger partial charge on any atom is -0.312 e. The maximum atomic E-state index is 13.3. The summed E-state index contributed by atoms with van der Waals surface area (Å²) in [5.74, 6) is -2.31. The van der Waals surface area contributed by atoms with Crippen molar-refractivity contribution < 1.29 is 13.2 Å². The van der Waals surface area contributed by atoms with Crippen LogP contribution < -0.4 is 5.32 Å². The lowest BCUT2D eigenvalue weighted by atomic mass is 10.1. The molecule has 1 heterocycles. The monoisotopic (exact) mass is 258 g/mol. The first-order valence-electron chi connectivity index (χ1n) is 6.09. The number of hydrogen-bond donors (Lipinski definition) is 1. The molecular formula is C13H17F3N2. The predicted molar refractivity (Wildman–Crippen MR) is 63.6 cm³/mol. The highest BCUT2D eigenvalue weighted by Crippen LogP contribution is 2.15. The fourth-order valence-electron chi connectivity index (χ4n) is 2.30. The summed E-state index contributed by atoms with van der Waals surface area (Å²) in [6.07, 6.45) is 1.11. The summed E-state index contributed by atoms with van der Waals surface area (Å²) in [5, 5.41) is 3.10. The van der Waals surface area contributed by atoms with Gasteiger partial charge in [0.1, 0.15) is 5.82 Å². The Morgan fingerprint density at radius 2 is 1.94 bits per heavy atom. The molecule has 1 aliphatic rings. The SMILES string of the molecule is CN1CCC(CNCc2cc(F)c(F)cc2F)C1. The van der Waals surface area contributed by atoms with Gasteiger partial charge in [-0.1, -0.05) is 0 Å². The highest BCUT2D eigenvalue weighted by atomic mass is 19.2. The van der Waals surface area contributed by atoms with Gasteiger partial charge in [-0.15, -0.1) is 0 Å². The average Bonchev–Trinajstić information content (AvgIpc) is 2.71. The van der Waals surface area contributed by atoms with Gasteiger partial charge in [-0.3, -0.25) is 0 Å². The lowest BCUT2D eigenvalue weighted by Crippen LogP contribution is -2.25. The molecule has 0 spiro atoms. The number of likely N-dealkylation sites (tertiary alicyclic amines) is 1. The van der Waals surface area contributed by atoms with Gasteiger partial charge in [0.2, 0.25) is 0 Å². The molecule has 5 heteroatoms. The summed E-state index contributed by atoms with van der Waals surface area (Å²) >= 11 is 0. The minimum absolute atomic E-state index is 0.167.